The van der Waals surface area contributed by atoms with Crippen LogP contribution in [-0.4, -0.2) is 99.5 Å². The van der Waals surface area contributed by atoms with E-state index in [-0.39, 0.29) is 37.6 Å². The van der Waals surface area contributed by atoms with Crippen LogP contribution in [0.2, 0.25) is 0 Å². The summed E-state index contributed by atoms with van der Waals surface area (Å²) in [5, 5.41) is 10.7. The highest BCUT2D eigenvalue weighted by atomic mass is 19.3. The van der Waals surface area contributed by atoms with Gasteiger partial charge in [0, 0.05) is 58.4 Å². The summed E-state index contributed by atoms with van der Waals surface area (Å²) in [5.41, 5.74) is 3.52. The van der Waals surface area contributed by atoms with Crippen LogP contribution in [0.3, 0.4) is 0 Å². The molecule has 4 heterocycles. The summed E-state index contributed by atoms with van der Waals surface area (Å²) in [4.78, 5) is 36.3. The second-order valence-electron chi connectivity index (χ2n) is 9.93. The minimum Gasteiger partial charge on any atom is -0.390 e. The fourth-order valence-electron chi connectivity index (χ4n) is 5.20. The second-order valence-corrected chi connectivity index (χ2v) is 9.93. The Morgan fingerprint density at radius 3 is 2.53 bits per heavy atom. The minimum atomic E-state index is -2.84. The normalized spacial score (nSPS) is 20.6. The largest absolute Gasteiger partial charge is 0.390 e. The van der Waals surface area contributed by atoms with Gasteiger partial charge in [0.1, 0.15) is 0 Å². The average molecular weight is 500 g/mol. The lowest BCUT2D eigenvalue weighted by Gasteiger charge is -2.31. The Balaban J connectivity index is 1.10. The van der Waals surface area contributed by atoms with Gasteiger partial charge in [0.05, 0.1) is 30.5 Å². The number of carbonyl (C=O) groups excluding carboxylic acids is 2. The Bertz CT molecular complexity index is 1110. The van der Waals surface area contributed by atoms with Crippen molar-refractivity contribution in [1.82, 2.24) is 24.6 Å². The zero-order chi connectivity index (χ0) is 25.3. The van der Waals surface area contributed by atoms with Crippen LogP contribution in [0.25, 0.3) is 0 Å². The number of alkyl halides is 2. The van der Waals surface area contributed by atoms with Crippen LogP contribution in [0.15, 0.2) is 42.6 Å². The summed E-state index contributed by atoms with van der Waals surface area (Å²) >= 11 is 0. The van der Waals surface area contributed by atoms with Gasteiger partial charge in [0.2, 0.25) is 0 Å². The molecule has 5 rings (SSSR count). The maximum Gasteiger partial charge on any atom is 0.320 e. The minimum absolute atomic E-state index is 0.0304. The van der Waals surface area contributed by atoms with Gasteiger partial charge in [0.25, 0.3) is 11.8 Å². The quantitative estimate of drug-likeness (QED) is 0.632. The Kier molecular flexibility index (Phi) is 6.90. The summed E-state index contributed by atoms with van der Waals surface area (Å²) < 4.78 is 26.8. The number of nitrogens with zero attached hydrogens (tertiary/aromatic N) is 5. The van der Waals surface area contributed by atoms with Crippen LogP contribution in [0.4, 0.5) is 13.6 Å². The van der Waals surface area contributed by atoms with Crippen LogP contribution >= 0.6 is 0 Å². The molecule has 2 aromatic rings. The molecule has 1 aromatic carbocycles. The first-order valence-corrected chi connectivity index (χ1v) is 12.4. The van der Waals surface area contributed by atoms with Gasteiger partial charge in [-0.3, -0.25) is 14.7 Å². The molecule has 1 aromatic heterocycles. The fraction of sp³-hybridized carbons (Fsp3) is 0.500. The van der Waals surface area contributed by atoms with E-state index in [4.69, 9.17) is 0 Å². The lowest BCUT2D eigenvalue weighted by molar-refractivity contribution is 0.0120. The number of aromatic nitrogens is 1. The van der Waals surface area contributed by atoms with Crippen molar-refractivity contribution < 1.29 is 23.5 Å². The van der Waals surface area contributed by atoms with Gasteiger partial charge in [0.15, 0.2) is 0 Å². The summed E-state index contributed by atoms with van der Waals surface area (Å²) in [6, 6.07) is 11.4. The molecule has 3 aliphatic heterocycles. The number of aliphatic hydroxyl groups excluding tert-OH is 1. The Morgan fingerprint density at radius 1 is 1.03 bits per heavy atom. The third-order valence-electron chi connectivity index (χ3n) is 7.17. The number of hydrogen-bond acceptors (Lipinski definition) is 5. The third-order valence-corrected chi connectivity index (χ3v) is 7.17. The van der Waals surface area contributed by atoms with Crippen LogP contribution in [0.1, 0.15) is 33.6 Å². The summed E-state index contributed by atoms with van der Waals surface area (Å²) in [5.74, 6) is -3.29. The van der Waals surface area contributed by atoms with E-state index in [1.807, 2.05) is 6.07 Å². The number of aliphatic hydroxyl groups is 1. The molecular formula is C26H31F2N5O3. The van der Waals surface area contributed by atoms with Crippen molar-refractivity contribution in [2.24, 2.45) is 0 Å². The SMILES string of the molecule is O=C(c1ccc(CN2CCN(C[C@H](O)CN3CCc4ccccc4C3)C2=O)nc1)N1CCC(F)(F)C1. The van der Waals surface area contributed by atoms with Gasteiger partial charge in [-0.1, -0.05) is 24.3 Å². The van der Waals surface area contributed by atoms with Crippen LogP contribution in [0, 0.1) is 0 Å². The monoisotopic (exact) mass is 499 g/mol. The number of likely N-dealkylation sites (tertiary alicyclic amines) is 1. The maximum absolute atomic E-state index is 13.4. The molecule has 8 nitrogen and oxygen atoms in total. The first-order valence-electron chi connectivity index (χ1n) is 12.4. The van der Waals surface area contributed by atoms with Gasteiger partial charge < -0.3 is 19.8 Å². The first-order chi connectivity index (χ1) is 17.3. The molecule has 2 fully saturated rings. The number of pyridine rings is 1. The van der Waals surface area contributed by atoms with Crippen molar-refractivity contribution in [1.29, 1.82) is 0 Å². The van der Waals surface area contributed by atoms with Crippen molar-refractivity contribution in [3.63, 3.8) is 0 Å². The van der Waals surface area contributed by atoms with Gasteiger partial charge in [-0.15, -0.1) is 0 Å². The van der Waals surface area contributed by atoms with E-state index in [2.05, 4.69) is 28.1 Å². The molecule has 0 unspecified atom stereocenters. The van der Waals surface area contributed by atoms with E-state index in [1.54, 1.807) is 21.9 Å². The topological polar surface area (TPSA) is 80.2 Å². The number of amides is 3. The van der Waals surface area contributed by atoms with E-state index in [1.165, 1.54) is 17.3 Å². The summed E-state index contributed by atoms with van der Waals surface area (Å²) in [6.45, 7) is 3.27. The van der Waals surface area contributed by atoms with Gasteiger partial charge in [-0.05, 0) is 29.7 Å². The van der Waals surface area contributed by atoms with E-state index < -0.39 is 24.5 Å². The first kappa shape index (κ1) is 24.6. The molecule has 36 heavy (non-hydrogen) atoms. The lowest BCUT2D eigenvalue weighted by atomic mass is 10.00. The maximum atomic E-state index is 13.4. The predicted molar refractivity (Wildman–Crippen MR) is 129 cm³/mol. The van der Waals surface area contributed by atoms with Crippen molar-refractivity contribution in [3.8, 4) is 0 Å². The number of halogens is 2. The van der Waals surface area contributed by atoms with Gasteiger partial charge in [-0.2, -0.15) is 0 Å². The molecule has 10 heteroatoms. The molecular weight excluding hydrogens is 468 g/mol. The van der Waals surface area contributed by atoms with Crippen LogP contribution in [-0.2, 0) is 19.5 Å². The van der Waals surface area contributed by atoms with Crippen molar-refractivity contribution in [2.75, 3.05) is 45.8 Å². The number of rotatable bonds is 7. The lowest BCUT2D eigenvalue weighted by Crippen LogP contribution is -2.43. The smallest absolute Gasteiger partial charge is 0.320 e. The molecule has 1 atom stereocenters. The van der Waals surface area contributed by atoms with Crippen molar-refractivity contribution in [3.05, 3.63) is 65.0 Å². The molecule has 0 saturated carbocycles. The number of carbonyl (C=O) groups is 2. The highest BCUT2D eigenvalue weighted by Gasteiger charge is 2.40. The Morgan fingerprint density at radius 2 is 1.81 bits per heavy atom. The number of urea groups is 1. The fourth-order valence-corrected chi connectivity index (χ4v) is 5.20. The summed E-state index contributed by atoms with van der Waals surface area (Å²) in [6.07, 6.45) is 1.38. The molecule has 0 spiro atoms. The Labute approximate surface area is 209 Å². The Hall–Kier alpha value is -3.11. The van der Waals surface area contributed by atoms with E-state index in [0.29, 0.717) is 25.3 Å². The third kappa shape index (κ3) is 5.49. The number of hydrogen-bond donors (Lipinski definition) is 1. The molecule has 0 radical (unpaired) electrons. The highest BCUT2D eigenvalue weighted by Crippen LogP contribution is 2.28. The molecule has 3 amide bonds. The van der Waals surface area contributed by atoms with E-state index in [0.717, 1.165) is 24.4 Å². The molecule has 2 saturated heterocycles. The zero-order valence-corrected chi connectivity index (χ0v) is 20.2. The second kappa shape index (κ2) is 10.1. The molecule has 192 valence electrons. The molecule has 0 aliphatic carbocycles. The summed E-state index contributed by atoms with van der Waals surface area (Å²) in [7, 11) is 0. The average Bonchev–Trinajstić information content (AvgIpc) is 3.40. The number of β-amino-alcohol motifs (C(OH)–C–C–N with tert-alkyl or cyclic N) is 1. The highest BCUT2D eigenvalue weighted by molar-refractivity contribution is 5.94. The molecule has 3 aliphatic rings. The van der Waals surface area contributed by atoms with Gasteiger partial charge >= 0.3 is 6.03 Å². The zero-order valence-electron chi connectivity index (χ0n) is 20.2. The van der Waals surface area contributed by atoms with Crippen LogP contribution < -0.4 is 0 Å². The predicted octanol–water partition coefficient (Wildman–Crippen LogP) is 2.22. The van der Waals surface area contributed by atoms with E-state index >= 15 is 0 Å². The van der Waals surface area contributed by atoms with Gasteiger partial charge in [-0.25, -0.2) is 13.6 Å². The van der Waals surface area contributed by atoms with Crippen molar-refractivity contribution >= 4 is 11.9 Å². The van der Waals surface area contributed by atoms with Crippen LogP contribution in [0.5, 0.6) is 0 Å². The number of benzene rings is 1. The standard InChI is InChI=1S/C26H31F2N5O3/c27-26(28)8-10-33(18-26)24(35)20-5-6-22(29-13-20)15-31-11-12-32(25(31)36)17-23(34)16-30-9-7-19-3-1-2-4-21(19)14-30/h1-6,13,23,34H,7-12,14-18H2/t23-/m1/s1. The van der Waals surface area contributed by atoms with Crippen molar-refractivity contribution in [2.45, 2.75) is 38.0 Å². The van der Waals surface area contributed by atoms with E-state index in [9.17, 15) is 23.5 Å². The molecule has 1 N–H and O–H groups in total. The molecule has 0 bridgehead atoms. The number of fused-ring (bicyclic) bond motifs is 1.